The Labute approximate surface area is 84.9 Å². The fourth-order valence-electron chi connectivity index (χ4n) is 1.21. The molecule has 0 spiro atoms. The first kappa shape index (κ1) is 11.2. The predicted molar refractivity (Wildman–Crippen MR) is 57.7 cm³/mol. The van der Waals surface area contributed by atoms with Gasteiger partial charge in [-0.3, -0.25) is 0 Å². The highest BCUT2D eigenvalue weighted by Crippen LogP contribution is 2.18. The van der Waals surface area contributed by atoms with E-state index in [4.69, 9.17) is 5.73 Å². The first-order valence-corrected chi connectivity index (χ1v) is 6.38. The molecule has 2 atom stereocenters. The monoisotopic (exact) mass is 213 g/mol. The lowest BCUT2D eigenvalue weighted by atomic mass is 10.1. The minimum absolute atomic E-state index is 0.453. The summed E-state index contributed by atoms with van der Waals surface area (Å²) in [7, 11) is -3.08. The fourth-order valence-corrected chi connectivity index (χ4v) is 1.90. The average molecular weight is 213 g/mol. The maximum Gasteiger partial charge on any atom is 0.151 e. The Hall–Kier alpha value is -0.870. The number of benzene rings is 1. The number of rotatable bonds is 3. The summed E-state index contributed by atoms with van der Waals surface area (Å²) in [6.07, 6.45) is 1.21. The zero-order valence-corrected chi connectivity index (χ0v) is 9.16. The first-order valence-electron chi connectivity index (χ1n) is 4.42. The molecular formula is C10H15NO2S. The molecule has 0 aliphatic rings. The van der Waals surface area contributed by atoms with Gasteiger partial charge in [-0.25, -0.2) is 8.42 Å². The molecule has 0 saturated carbocycles. The molecule has 0 fully saturated rings. The van der Waals surface area contributed by atoms with Gasteiger partial charge in [0.25, 0.3) is 0 Å². The van der Waals surface area contributed by atoms with Crippen LogP contribution in [-0.4, -0.2) is 19.9 Å². The maximum absolute atomic E-state index is 11.3. The van der Waals surface area contributed by atoms with Crippen LogP contribution in [0.4, 0.5) is 0 Å². The highest BCUT2D eigenvalue weighted by Gasteiger charge is 2.23. The molecule has 2 N–H and O–H groups in total. The van der Waals surface area contributed by atoms with Crippen molar-refractivity contribution in [1.82, 2.24) is 0 Å². The summed E-state index contributed by atoms with van der Waals surface area (Å²) in [5.41, 5.74) is 6.70. The molecular weight excluding hydrogens is 198 g/mol. The molecule has 1 aromatic carbocycles. The molecule has 0 bridgehead atoms. The van der Waals surface area contributed by atoms with Gasteiger partial charge in [-0.1, -0.05) is 30.3 Å². The van der Waals surface area contributed by atoms with Crippen LogP contribution in [-0.2, 0) is 9.84 Å². The molecule has 0 amide bonds. The Morgan fingerprint density at radius 2 is 1.71 bits per heavy atom. The largest absolute Gasteiger partial charge is 0.323 e. The zero-order valence-electron chi connectivity index (χ0n) is 8.34. The van der Waals surface area contributed by atoms with Crippen molar-refractivity contribution >= 4 is 9.84 Å². The molecule has 0 aromatic heterocycles. The second-order valence-corrected chi connectivity index (χ2v) is 5.87. The van der Waals surface area contributed by atoms with E-state index in [1.54, 1.807) is 6.92 Å². The van der Waals surface area contributed by atoms with Gasteiger partial charge in [-0.15, -0.1) is 0 Å². The third-order valence-electron chi connectivity index (χ3n) is 2.37. The third-order valence-corrected chi connectivity index (χ3v) is 4.01. The Kier molecular flexibility index (Phi) is 3.29. The third kappa shape index (κ3) is 2.56. The molecule has 78 valence electrons. The van der Waals surface area contributed by atoms with Crippen molar-refractivity contribution < 1.29 is 8.42 Å². The smallest absolute Gasteiger partial charge is 0.151 e. The average Bonchev–Trinajstić information content (AvgIpc) is 2.15. The second kappa shape index (κ2) is 4.11. The Morgan fingerprint density at radius 1 is 1.21 bits per heavy atom. The van der Waals surface area contributed by atoms with Crippen molar-refractivity contribution in [2.75, 3.05) is 6.26 Å². The topological polar surface area (TPSA) is 60.2 Å². The van der Waals surface area contributed by atoms with Crippen LogP contribution >= 0.6 is 0 Å². The molecule has 4 heteroatoms. The van der Waals surface area contributed by atoms with Crippen LogP contribution in [0.2, 0.25) is 0 Å². The van der Waals surface area contributed by atoms with E-state index in [1.807, 2.05) is 30.3 Å². The van der Waals surface area contributed by atoms with E-state index in [-0.39, 0.29) is 0 Å². The lowest BCUT2D eigenvalue weighted by molar-refractivity contribution is 0.571. The number of nitrogens with two attached hydrogens (primary N) is 1. The van der Waals surface area contributed by atoms with Crippen LogP contribution in [0.3, 0.4) is 0 Å². The number of hydrogen-bond donors (Lipinski definition) is 1. The van der Waals surface area contributed by atoms with Gasteiger partial charge in [0.05, 0.1) is 5.25 Å². The minimum Gasteiger partial charge on any atom is -0.323 e. The fraction of sp³-hybridized carbons (Fsp3) is 0.400. The Bertz CT molecular complexity index is 386. The zero-order chi connectivity index (χ0) is 10.8. The highest BCUT2D eigenvalue weighted by molar-refractivity contribution is 7.91. The molecule has 1 aromatic rings. The van der Waals surface area contributed by atoms with Gasteiger partial charge in [0, 0.05) is 12.3 Å². The summed E-state index contributed by atoms with van der Waals surface area (Å²) in [6, 6.07) is 8.81. The lowest BCUT2D eigenvalue weighted by Crippen LogP contribution is -2.30. The Balaban J connectivity index is 2.92. The van der Waals surface area contributed by atoms with E-state index in [0.29, 0.717) is 0 Å². The quantitative estimate of drug-likeness (QED) is 0.818. The van der Waals surface area contributed by atoms with Gasteiger partial charge >= 0.3 is 0 Å². The maximum atomic E-state index is 11.3. The van der Waals surface area contributed by atoms with E-state index < -0.39 is 21.1 Å². The molecule has 3 nitrogen and oxygen atoms in total. The summed E-state index contributed by atoms with van der Waals surface area (Å²) in [6.45, 7) is 1.63. The SMILES string of the molecule is CC(C(N)c1ccccc1)S(C)(=O)=O. The summed E-state index contributed by atoms with van der Waals surface area (Å²) >= 11 is 0. The van der Waals surface area contributed by atoms with E-state index in [1.165, 1.54) is 6.26 Å². The second-order valence-electron chi connectivity index (χ2n) is 3.47. The van der Waals surface area contributed by atoms with Crippen LogP contribution in [0.5, 0.6) is 0 Å². The van der Waals surface area contributed by atoms with Gasteiger partial charge in [0.15, 0.2) is 9.84 Å². The first-order chi connectivity index (χ1) is 6.43. The standard InChI is InChI=1S/C10H15NO2S/c1-8(14(2,12)13)10(11)9-6-4-3-5-7-9/h3-8,10H,11H2,1-2H3. The summed E-state index contributed by atoms with van der Waals surface area (Å²) in [5.74, 6) is 0. The van der Waals surface area contributed by atoms with Gasteiger partial charge in [0.1, 0.15) is 0 Å². The summed E-state index contributed by atoms with van der Waals surface area (Å²) in [5, 5.41) is -0.551. The Morgan fingerprint density at radius 3 is 2.14 bits per heavy atom. The van der Waals surface area contributed by atoms with Crippen molar-refractivity contribution in [1.29, 1.82) is 0 Å². The van der Waals surface area contributed by atoms with Crippen LogP contribution in [0, 0.1) is 0 Å². The lowest BCUT2D eigenvalue weighted by Gasteiger charge is -2.18. The highest BCUT2D eigenvalue weighted by atomic mass is 32.2. The van der Waals surface area contributed by atoms with Gasteiger partial charge < -0.3 is 5.73 Å². The van der Waals surface area contributed by atoms with Crippen molar-refractivity contribution in [2.45, 2.75) is 18.2 Å². The van der Waals surface area contributed by atoms with Crippen molar-refractivity contribution in [3.63, 3.8) is 0 Å². The van der Waals surface area contributed by atoms with E-state index in [0.717, 1.165) is 5.56 Å². The van der Waals surface area contributed by atoms with Crippen LogP contribution in [0.25, 0.3) is 0 Å². The van der Waals surface area contributed by atoms with Crippen LogP contribution in [0.1, 0.15) is 18.5 Å². The molecule has 0 heterocycles. The van der Waals surface area contributed by atoms with E-state index in [2.05, 4.69) is 0 Å². The molecule has 1 rings (SSSR count). The molecule has 0 radical (unpaired) electrons. The van der Waals surface area contributed by atoms with E-state index in [9.17, 15) is 8.42 Å². The van der Waals surface area contributed by atoms with Crippen molar-refractivity contribution in [3.8, 4) is 0 Å². The minimum atomic E-state index is -3.08. The molecule has 14 heavy (non-hydrogen) atoms. The van der Waals surface area contributed by atoms with Gasteiger partial charge in [-0.05, 0) is 12.5 Å². The van der Waals surface area contributed by atoms with E-state index >= 15 is 0 Å². The van der Waals surface area contributed by atoms with Crippen LogP contribution in [0.15, 0.2) is 30.3 Å². The van der Waals surface area contributed by atoms with Crippen molar-refractivity contribution in [2.24, 2.45) is 5.73 Å². The van der Waals surface area contributed by atoms with Crippen molar-refractivity contribution in [3.05, 3.63) is 35.9 Å². The number of sulfone groups is 1. The molecule has 0 saturated heterocycles. The molecule has 0 aliphatic carbocycles. The normalized spacial score (nSPS) is 16.2. The van der Waals surface area contributed by atoms with Gasteiger partial charge in [0.2, 0.25) is 0 Å². The molecule has 2 unspecified atom stereocenters. The number of hydrogen-bond acceptors (Lipinski definition) is 3. The van der Waals surface area contributed by atoms with Crippen LogP contribution < -0.4 is 5.73 Å². The molecule has 0 aliphatic heterocycles. The summed E-state index contributed by atoms with van der Waals surface area (Å²) < 4.78 is 22.5. The predicted octanol–water partition coefficient (Wildman–Crippen LogP) is 1.12. The van der Waals surface area contributed by atoms with Gasteiger partial charge in [-0.2, -0.15) is 0 Å². The summed E-state index contributed by atoms with van der Waals surface area (Å²) in [4.78, 5) is 0.